The van der Waals surface area contributed by atoms with Gasteiger partial charge < -0.3 is 20.7 Å². The van der Waals surface area contributed by atoms with E-state index in [1.807, 2.05) is 32.9 Å². The van der Waals surface area contributed by atoms with Gasteiger partial charge in [-0.05, 0) is 52.7 Å². The van der Waals surface area contributed by atoms with Gasteiger partial charge in [0.15, 0.2) is 0 Å². The summed E-state index contributed by atoms with van der Waals surface area (Å²) in [4.78, 5) is 18.1. The van der Waals surface area contributed by atoms with E-state index in [0.29, 0.717) is 24.6 Å². The van der Waals surface area contributed by atoms with Crippen molar-refractivity contribution >= 4 is 17.6 Å². The number of nitrogens with zero attached hydrogens (tertiary/aromatic N) is 2. The van der Waals surface area contributed by atoms with Crippen LogP contribution in [0.1, 0.15) is 40.5 Å². The molecule has 0 atom stereocenters. The minimum atomic E-state index is -0.460. The normalized spacial score (nSPS) is 17.9. The van der Waals surface area contributed by atoms with E-state index < -0.39 is 5.60 Å². The van der Waals surface area contributed by atoms with Gasteiger partial charge in [-0.2, -0.15) is 0 Å². The van der Waals surface area contributed by atoms with E-state index in [9.17, 15) is 4.79 Å². The SMILES string of the molecule is CC1(Nc2ncccc2N)CCN(C(=O)OC(C)(C)C)CC1. The predicted molar refractivity (Wildman–Crippen MR) is 87.7 cm³/mol. The molecule has 22 heavy (non-hydrogen) atoms. The highest BCUT2D eigenvalue weighted by Crippen LogP contribution is 2.28. The highest BCUT2D eigenvalue weighted by atomic mass is 16.6. The number of pyridine rings is 1. The van der Waals surface area contributed by atoms with Gasteiger partial charge in [0.05, 0.1) is 5.69 Å². The topological polar surface area (TPSA) is 80.5 Å². The van der Waals surface area contributed by atoms with Gasteiger partial charge in [-0.3, -0.25) is 0 Å². The molecule has 1 amide bonds. The first-order chi connectivity index (χ1) is 10.2. The van der Waals surface area contributed by atoms with Crippen LogP contribution in [0.2, 0.25) is 0 Å². The lowest BCUT2D eigenvalue weighted by Gasteiger charge is -2.40. The first-order valence-electron chi connectivity index (χ1n) is 7.65. The summed E-state index contributed by atoms with van der Waals surface area (Å²) in [6.45, 7) is 9.09. The molecule has 2 heterocycles. The molecule has 2 rings (SSSR count). The fourth-order valence-electron chi connectivity index (χ4n) is 2.44. The van der Waals surface area contributed by atoms with E-state index in [-0.39, 0.29) is 11.6 Å². The van der Waals surface area contributed by atoms with Crippen molar-refractivity contribution in [1.29, 1.82) is 0 Å². The second-order valence-corrected chi connectivity index (χ2v) is 7.09. The Kier molecular flexibility index (Phi) is 4.49. The predicted octanol–water partition coefficient (Wildman–Crippen LogP) is 2.87. The molecule has 1 saturated heterocycles. The van der Waals surface area contributed by atoms with Gasteiger partial charge in [0.25, 0.3) is 0 Å². The molecule has 6 nitrogen and oxygen atoms in total. The number of carbonyl (C=O) groups is 1. The van der Waals surface area contributed by atoms with Crippen LogP contribution in [0.15, 0.2) is 18.3 Å². The van der Waals surface area contributed by atoms with Gasteiger partial charge in [0.2, 0.25) is 0 Å². The number of hydrogen-bond acceptors (Lipinski definition) is 5. The number of aromatic nitrogens is 1. The van der Waals surface area contributed by atoms with Crippen LogP contribution >= 0.6 is 0 Å². The summed E-state index contributed by atoms with van der Waals surface area (Å²) < 4.78 is 5.42. The lowest BCUT2D eigenvalue weighted by Crippen LogP contribution is -2.50. The number of carbonyl (C=O) groups excluding carboxylic acids is 1. The zero-order valence-corrected chi connectivity index (χ0v) is 13.8. The third-order valence-corrected chi connectivity index (χ3v) is 3.78. The zero-order chi connectivity index (χ0) is 16.4. The lowest BCUT2D eigenvalue weighted by atomic mass is 9.89. The number of hydrogen-bond donors (Lipinski definition) is 2. The fourth-order valence-corrected chi connectivity index (χ4v) is 2.44. The van der Waals surface area contributed by atoms with Crippen molar-refractivity contribution in [3.63, 3.8) is 0 Å². The Bertz CT molecular complexity index is 531. The Morgan fingerprint density at radius 3 is 2.59 bits per heavy atom. The maximum atomic E-state index is 12.1. The van der Waals surface area contributed by atoms with E-state index in [0.717, 1.165) is 12.8 Å². The summed E-state index contributed by atoms with van der Waals surface area (Å²) in [5, 5.41) is 3.42. The fraction of sp³-hybridized carbons (Fsp3) is 0.625. The number of anilines is 2. The molecule has 122 valence electrons. The average molecular weight is 306 g/mol. The first-order valence-corrected chi connectivity index (χ1v) is 7.65. The van der Waals surface area contributed by atoms with Crippen molar-refractivity contribution in [1.82, 2.24) is 9.88 Å². The van der Waals surface area contributed by atoms with Gasteiger partial charge >= 0.3 is 6.09 Å². The van der Waals surface area contributed by atoms with Gasteiger partial charge in [-0.25, -0.2) is 9.78 Å². The van der Waals surface area contributed by atoms with Crippen LogP contribution in [0.4, 0.5) is 16.3 Å². The van der Waals surface area contributed by atoms with Crippen molar-refractivity contribution in [3.8, 4) is 0 Å². The van der Waals surface area contributed by atoms with Crippen LogP contribution < -0.4 is 11.1 Å². The summed E-state index contributed by atoms with van der Waals surface area (Å²) in [6, 6.07) is 3.64. The quantitative estimate of drug-likeness (QED) is 0.878. The largest absolute Gasteiger partial charge is 0.444 e. The molecule has 1 aliphatic rings. The Morgan fingerprint density at radius 2 is 2.05 bits per heavy atom. The Morgan fingerprint density at radius 1 is 1.41 bits per heavy atom. The maximum absolute atomic E-state index is 12.1. The highest BCUT2D eigenvalue weighted by Gasteiger charge is 2.34. The van der Waals surface area contributed by atoms with E-state index >= 15 is 0 Å². The molecule has 0 unspecified atom stereocenters. The summed E-state index contributed by atoms with van der Waals surface area (Å²) in [6.07, 6.45) is 3.12. The smallest absolute Gasteiger partial charge is 0.410 e. The van der Waals surface area contributed by atoms with Gasteiger partial charge in [0, 0.05) is 24.8 Å². The minimum absolute atomic E-state index is 0.124. The molecular weight excluding hydrogens is 280 g/mol. The van der Waals surface area contributed by atoms with Gasteiger partial charge in [-0.1, -0.05) is 0 Å². The highest BCUT2D eigenvalue weighted by molar-refractivity contribution is 5.68. The molecule has 3 N–H and O–H groups in total. The standard InChI is InChI=1S/C16H26N4O2/c1-15(2,3)22-14(21)20-10-7-16(4,8-11-20)19-13-12(17)6-5-9-18-13/h5-6,9H,7-8,10-11,17H2,1-4H3,(H,18,19). The van der Waals surface area contributed by atoms with Crippen LogP contribution in [0.25, 0.3) is 0 Å². The van der Waals surface area contributed by atoms with Crippen molar-refractivity contribution in [3.05, 3.63) is 18.3 Å². The van der Waals surface area contributed by atoms with Gasteiger partial charge in [-0.15, -0.1) is 0 Å². The molecule has 0 aromatic carbocycles. The molecule has 0 aliphatic carbocycles. The van der Waals surface area contributed by atoms with Crippen molar-refractivity contribution in [2.75, 3.05) is 24.1 Å². The lowest BCUT2D eigenvalue weighted by molar-refractivity contribution is 0.0184. The monoisotopic (exact) mass is 306 g/mol. The van der Waals surface area contributed by atoms with E-state index in [2.05, 4.69) is 17.2 Å². The van der Waals surface area contributed by atoms with Crippen LogP contribution in [-0.2, 0) is 4.74 Å². The van der Waals surface area contributed by atoms with Crippen molar-refractivity contribution in [2.24, 2.45) is 0 Å². The summed E-state index contributed by atoms with van der Waals surface area (Å²) >= 11 is 0. The first kappa shape index (κ1) is 16.4. The Hall–Kier alpha value is -1.98. The molecule has 1 aromatic heterocycles. The third-order valence-electron chi connectivity index (χ3n) is 3.78. The molecule has 0 saturated carbocycles. The van der Waals surface area contributed by atoms with E-state index in [1.165, 1.54) is 0 Å². The van der Waals surface area contributed by atoms with Crippen molar-refractivity contribution in [2.45, 2.75) is 51.7 Å². The second-order valence-electron chi connectivity index (χ2n) is 7.09. The van der Waals surface area contributed by atoms with E-state index in [4.69, 9.17) is 10.5 Å². The second kappa shape index (κ2) is 6.02. The number of ether oxygens (including phenoxy) is 1. The summed E-state index contributed by atoms with van der Waals surface area (Å²) in [5.74, 6) is 0.704. The summed E-state index contributed by atoms with van der Waals surface area (Å²) in [7, 11) is 0. The zero-order valence-electron chi connectivity index (χ0n) is 13.8. The minimum Gasteiger partial charge on any atom is -0.444 e. The van der Waals surface area contributed by atoms with Crippen molar-refractivity contribution < 1.29 is 9.53 Å². The molecule has 1 aliphatic heterocycles. The number of amides is 1. The van der Waals surface area contributed by atoms with Crippen LogP contribution in [0.5, 0.6) is 0 Å². The molecule has 0 radical (unpaired) electrons. The van der Waals surface area contributed by atoms with Crippen LogP contribution in [0.3, 0.4) is 0 Å². The van der Waals surface area contributed by atoms with Crippen LogP contribution in [0, 0.1) is 0 Å². The number of piperidine rings is 1. The molecule has 6 heteroatoms. The average Bonchev–Trinajstić information content (AvgIpc) is 2.40. The maximum Gasteiger partial charge on any atom is 0.410 e. The number of nitrogens with two attached hydrogens (primary N) is 1. The molecular formula is C16H26N4O2. The molecule has 0 spiro atoms. The van der Waals surface area contributed by atoms with Gasteiger partial charge in [0.1, 0.15) is 11.4 Å². The number of likely N-dealkylation sites (tertiary alicyclic amines) is 1. The number of nitrogen functional groups attached to an aromatic ring is 1. The Labute approximate surface area is 132 Å². The molecule has 1 fully saturated rings. The van der Waals surface area contributed by atoms with Crippen LogP contribution in [-0.4, -0.2) is 40.2 Å². The molecule has 1 aromatic rings. The van der Waals surface area contributed by atoms with E-state index in [1.54, 1.807) is 11.1 Å². The number of nitrogens with one attached hydrogen (secondary N) is 1. The summed E-state index contributed by atoms with van der Waals surface area (Å²) in [5.41, 5.74) is 5.99. The molecule has 0 bridgehead atoms. The Balaban J connectivity index is 1.93. The number of rotatable bonds is 2. The third kappa shape index (κ3) is 4.26.